The molecule has 0 saturated carbocycles. The number of aliphatic hydroxyl groups is 2. The predicted octanol–water partition coefficient (Wildman–Crippen LogP) is -1.12. The molecule has 0 aliphatic heterocycles. The van der Waals surface area contributed by atoms with Gasteiger partial charge in [-0.2, -0.15) is 0 Å². The van der Waals surface area contributed by atoms with Gasteiger partial charge < -0.3 is 34.3 Å². The molecule has 0 aliphatic carbocycles. The number of aliphatic carboxylic acids is 1. The fourth-order valence-corrected chi connectivity index (χ4v) is 1.20. The highest BCUT2D eigenvalue weighted by atomic mass is 16.6. The van der Waals surface area contributed by atoms with Gasteiger partial charge in [0.05, 0.1) is 72.0 Å². The molecular weight excluding hydrogens is 272 g/mol. The van der Waals surface area contributed by atoms with Crippen molar-refractivity contribution >= 4 is 5.97 Å². The first-order valence-corrected chi connectivity index (χ1v) is 6.48. The molecule has 0 aromatic carbocycles. The predicted molar refractivity (Wildman–Crippen MR) is 68.6 cm³/mol. The normalized spacial score (nSPS) is 12.5. The quantitative estimate of drug-likeness (QED) is 0.326. The van der Waals surface area contributed by atoms with Gasteiger partial charge in [-0.25, -0.2) is 0 Å². The van der Waals surface area contributed by atoms with Crippen molar-refractivity contribution in [1.82, 2.24) is 0 Å². The van der Waals surface area contributed by atoms with Gasteiger partial charge in [-0.05, 0) is 0 Å². The van der Waals surface area contributed by atoms with Crippen LogP contribution >= 0.6 is 0 Å². The van der Waals surface area contributed by atoms with Crippen molar-refractivity contribution in [3.8, 4) is 0 Å². The third-order valence-corrected chi connectivity index (χ3v) is 2.07. The Balaban J connectivity index is 3.08. The number of hydrogen-bond acceptors (Lipinski definition) is 7. The molecule has 0 rings (SSSR count). The highest BCUT2D eigenvalue weighted by Crippen LogP contribution is 1.92. The molecule has 1 atom stereocenters. The van der Waals surface area contributed by atoms with E-state index in [0.717, 1.165) is 0 Å². The number of aliphatic hydroxyl groups excluding tert-OH is 2. The van der Waals surface area contributed by atoms with Crippen molar-refractivity contribution in [3.05, 3.63) is 0 Å². The van der Waals surface area contributed by atoms with Crippen LogP contribution in [0.25, 0.3) is 0 Å². The Morgan fingerprint density at radius 3 is 1.75 bits per heavy atom. The second-order valence-electron chi connectivity index (χ2n) is 3.89. The summed E-state index contributed by atoms with van der Waals surface area (Å²) in [4.78, 5) is 10.3. The summed E-state index contributed by atoms with van der Waals surface area (Å²) in [5.41, 5.74) is 0. The maximum absolute atomic E-state index is 10.3. The van der Waals surface area contributed by atoms with Crippen LogP contribution in [0.2, 0.25) is 0 Å². The molecule has 0 aromatic rings. The molecule has 20 heavy (non-hydrogen) atoms. The molecular formula is C12H24O8. The van der Waals surface area contributed by atoms with Gasteiger partial charge in [-0.1, -0.05) is 0 Å². The van der Waals surface area contributed by atoms with E-state index in [1.807, 2.05) is 0 Å². The van der Waals surface area contributed by atoms with E-state index in [9.17, 15) is 9.90 Å². The molecule has 0 aliphatic rings. The smallest absolute Gasteiger partial charge is 0.306 e. The van der Waals surface area contributed by atoms with Gasteiger partial charge in [0.2, 0.25) is 0 Å². The Hall–Kier alpha value is -0.770. The summed E-state index contributed by atoms with van der Waals surface area (Å²) < 4.78 is 20.4. The number of carbonyl (C=O) groups is 1. The van der Waals surface area contributed by atoms with Gasteiger partial charge in [0.1, 0.15) is 0 Å². The van der Waals surface area contributed by atoms with Gasteiger partial charge in [0.15, 0.2) is 0 Å². The maximum Gasteiger partial charge on any atom is 0.306 e. The molecule has 8 nitrogen and oxygen atoms in total. The summed E-state index contributed by atoms with van der Waals surface area (Å²) in [5, 5.41) is 26.0. The molecule has 0 fully saturated rings. The number of rotatable bonds is 15. The van der Waals surface area contributed by atoms with Crippen molar-refractivity contribution in [1.29, 1.82) is 0 Å². The highest BCUT2D eigenvalue weighted by Gasteiger charge is 2.08. The van der Waals surface area contributed by atoms with E-state index in [-0.39, 0.29) is 26.2 Å². The number of carboxylic acids is 1. The fourth-order valence-electron chi connectivity index (χ4n) is 1.20. The van der Waals surface area contributed by atoms with Crippen LogP contribution < -0.4 is 0 Å². The molecule has 0 heterocycles. The van der Waals surface area contributed by atoms with Crippen LogP contribution in [0.5, 0.6) is 0 Å². The Kier molecular flexibility index (Phi) is 14.1. The number of carboxylic acid groups (broad SMARTS) is 1. The summed E-state index contributed by atoms with van der Waals surface area (Å²) in [6, 6.07) is 0. The first-order chi connectivity index (χ1) is 9.66. The topological polar surface area (TPSA) is 115 Å². The van der Waals surface area contributed by atoms with Crippen LogP contribution in [0.15, 0.2) is 0 Å². The summed E-state index contributed by atoms with van der Waals surface area (Å²) >= 11 is 0. The van der Waals surface area contributed by atoms with Gasteiger partial charge >= 0.3 is 5.97 Å². The Bertz CT molecular complexity index is 224. The molecule has 0 bridgehead atoms. The second-order valence-corrected chi connectivity index (χ2v) is 3.89. The van der Waals surface area contributed by atoms with E-state index < -0.39 is 12.1 Å². The molecule has 0 spiro atoms. The summed E-state index contributed by atoms with van der Waals surface area (Å²) in [5.74, 6) is -1.06. The van der Waals surface area contributed by atoms with Crippen molar-refractivity contribution < 1.29 is 39.1 Å². The molecule has 120 valence electrons. The van der Waals surface area contributed by atoms with E-state index in [1.165, 1.54) is 0 Å². The molecule has 1 unspecified atom stereocenters. The van der Waals surface area contributed by atoms with Crippen molar-refractivity contribution in [2.24, 2.45) is 0 Å². The third-order valence-electron chi connectivity index (χ3n) is 2.07. The van der Waals surface area contributed by atoms with E-state index >= 15 is 0 Å². The van der Waals surface area contributed by atoms with E-state index in [2.05, 4.69) is 0 Å². The first-order valence-electron chi connectivity index (χ1n) is 6.48. The largest absolute Gasteiger partial charge is 0.481 e. The molecule has 0 radical (unpaired) electrons. The van der Waals surface area contributed by atoms with E-state index in [0.29, 0.717) is 39.6 Å². The van der Waals surface area contributed by atoms with Crippen LogP contribution in [0.4, 0.5) is 0 Å². The van der Waals surface area contributed by atoms with Crippen LogP contribution in [0.1, 0.15) is 6.42 Å². The van der Waals surface area contributed by atoms with Gasteiger partial charge in [0.25, 0.3) is 0 Å². The van der Waals surface area contributed by atoms with Crippen LogP contribution in [0, 0.1) is 0 Å². The molecule has 0 aromatic heterocycles. The number of ether oxygens (including phenoxy) is 4. The standard InChI is InChI=1S/C12H24O8/c13-1-2-17-3-4-18-5-6-19-7-8-20-10-11(14)9-12(15)16/h11,13-14H,1-10H2,(H,15,16). The average molecular weight is 296 g/mol. The molecule has 0 saturated heterocycles. The number of hydrogen-bond donors (Lipinski definition) is 3. The Labute approximate surface area is 118 Å². The third kappa shape index (κ3) is 15.3. The molecule has 0 amide bonds. The van der Waals surface area contributed by atoms with Crippen molar-refractivity contribution in [3.63, 3.8) is 0 Å². The summed E-state index contributed by atoms with van der Waals surface area (Å²) in [6.45, 7) is 2.67. The Morgan fingerprint density at radius 2 is 1.30 bits per heavy atom. The first kappa shape index (κ1) is 19.2. The minimum Gasteiger partial charge on any atom is -0.481 e. The highest BCUT2D eigenvalue weighted by molar-refractivity contribution is 5.67. The summed E-state index contributed by atoms with van der Waals surface area (Å²) in [7, 11) is 0. The lowest BCUT2D eigenvalue weighted by Gasteiger charge is -2.09. The van der Waals surface area contributed by atoms with Crippen molar-refractivity contribution in [2.75, 3.05) is 59.5 Å². The SMILES string of the molecule is O=C(O)CC(O)COCCOCCOCCOCCO. The van der Waals surface area contributed by atoms with Gasteiger partial charge in [-0.3, -0.25) is 4.79 Å². The minimum atomic E-state index is -1.06. The lowest BCUT2D eigenvalue weighted by Crippen LogP contribution is -2.21. The zero-order valence-electron chi connectivity index (χ0n) is 11.5. The maximum atomic E-state index is 10.3. The lowest BCUT2D eigenvalue weighted by atomic mass is 10.3. The van der Waals surface area contributed by atoms with E-state index in [4.69, 9.17) is 29.2 Å². The van der Waals surface area contributed by atoms with Gasteiger partial charge in [-0.15, -0.1) is 0 Å². The zero-order valence-corrected chi connectivity index (χ0v) is 11.5. The van der Waals surface area contributed by atoms with Crippen LogP contribution in [-0.2, 0) is 23.7 Å². The Morgan fingerprint density at radius 1 is 0.850 bits per heavy atom. The fraction of sp³-hybridized carbons (Fsp3) is 0.917. The van der Waals surface area contributed by atoms with Crippen molar-refractivity contribution in [2.45, 2.75) is 12.5 Å². The van der Waals surface area contributed by atoms with Gasteiger partial charge in [0, 0.05) is 0 Å². The zero-order chi connectivity index (χ0) is 15.1. The monoisotopic (exact) mass is 296 g/mol. The second kappa shape index (κ2) is 14.6. The minimum absolute atomic E-state index is 0.00424. The molecule has 8 heteroatoms. The summed E-state index contributed by atoms with van der Waals surface area (Å²) in [6.07, 6.45) is -1.32. The lowest BCUT2D eigenvalue weighted by molar-refractivity contribution is -0.140. The van der Waals surface area contributed by atoms with E-state index in [1.54, 1.807) is 0 Å². The van der Waals surface area contributed by atoms with Crippen LogP contribution in [0.3, 0.4) is 0 Å². The molecule has 3 N–H and O–H groups in total. The average Bonchev–Trinajstić information content (AvgIpc) is 2.39. The van der Waals surface area contributed by atoms with Crippen LogP contribution in [-0.4, -0.2) is 86.9 Å².